The molecule has 2 aromatic carbocycles. The topological polar surface area (TPSA) is 124 Å². The van der Waals surface area contributed by atoms with Gasteiger partial charge < -0.3 is 24.8 Å². The number of anilines is 1. The zero-order chi connectivity index (χ0) is 24.0. The molecule has 4 aromatic rings. The van der Waals surface area contributed by atoms with Crippen LogP contribution in [-0.2, 0) is 16.1 Å². The number of nitrogens with zero attached hydrogens (tertiary/aromatic N) is 3. The number of carbonyl (C=O) groups is 2. The number of benzene rings is 2. The molecular formula is C23H19ClFN5O4. The Labute approximate surface area is 197 Å². The fourth-order valence-electron chi connectivity index (χ4n) is 4.01. The zero-order valence-electron chi connectivity index (χ0n) is 17.9. The van der Waals surface area contributed by atoms with E-state index in [2.05, 4.69) is 20.4 Å². The lowest BCUT2D eigenvalue weighted by Gasteiger charge is -2.22. The standard InChI is InChI=1S/C23H19ClFN5O4/c1-12-27-20(34-29-12)19-9-14-8-17(2-3-18(14)28-19)30-5-4-23(33,22(30)32)21(31)26-11-13-6-15(24)10-16(25)7-13/h2-3,6-10,28,33H,4-5,11H2,1H3,(H,26,31)/t23-/m0/s1. The normalized spacial score (nSPS) is 18.1. The minimum absolute atomic E-state index is 0.0841. The zero-order valence-corrected chi connectivity index (χ0v) is 18.7. The number of aryl methyl sites for hydroxylation is 1. The second-order valence-electron chi connectivity index (χ2n) is 8.13. The van der Waals surface area contributed by atoms with Gasteiger partial charge in [-0.15, -0.1) is 0 Å². The van der Waals surface area contributed by atoms with E-state index in [1.54, 1.807) is 25.1 Å². The van der Waals surface area contributed by atoms with Crippen LogP contribution in [0.4, 0.5) is 10.1 Å². The van der Waals surface area contributed by atoms with Crippen LogP contribution in [0.15, 0.2) is 47.0 Å². The Hall–Kier alpha value is -3.76. The maximum Gasteiger partial charge on any atom is 0.274 e. The van der Waals surface area contributed by atoms with Crippen molar-refractivity contribution in [2.75, 3.05) is 11.4 Å². The van der Waals surface area contributed by atoms with Crippen molar-refractivity contribution in [2.45, 2.75) is 25.5 Å². The number of rotatable bonds is 5. The van der Waals surface area contributed by atoms with Crippen LogP contribution in [0.1, 0.15) is 17.8 Å². The van der Waals surface area contributed by atoms with Gasteiger partial charge in [-0.3, -0.25) is 9.59 Å². The van der Waals surface area contributed by atoms with Crippen LogP contribution in [0.2, 0.25) is 5.02 Å². The van der Waals surface area contributed by atoms with Crippen molar-refractivity contribution in [2.24, 2.45) is 0 Å². The van der Waals surface area contributed by atoms with Gasteiger partial charge in [-0.2, -0.15) is 4.98 Å². The lowest BCUT2D eigenvalue weighted by Crippen LogP contribution is -2.52. The van der Waals surface area contributed by atoms with E-state index in [4.69, 9.17) is 16.1 Å². The van der Waals surface area contributed by atoms with Crippen molar-refractivity contribution in [3.63, 3.8) is 0 Å². The molecule has 2 aromatic heterocycles. The molecule has 11 heteroatoms. The molecule has 1 aliphatic heterocycles. The SMILES string of the molecule is Cc1noc(-c2cc3cc(N4CC[C@](O)(C(=O)NCc5cc(F)cc(Cl)c5)C4=O)ccc3[nH]2)n1. The molecule has 0 bridgehead atoms. The first kappa shape index (κ1) is 22.1. The lowest BCUT2D eigenvalue weighted by molar-refractivity contribution is -0.149. The van der Waals surface area contributed by atoms with Gasteiger partial charge in [-0.25, -0.2) is 4.39 Å². The lowest BCUT2D eigenvalue weighted by atomic mass is 10.0. The molecule has 3 N–H and O–H groups in total. The van der Waals surface area contributed by atoms with E-state index in [-0.39, 0.29) is 24.5 Å². The van der Waals surface area contributed by atoms with E-state index < -0.39 is 23.2 Å². The number of hydrogen-bond acceptors (Lipinski definition) is 6. The van der Waals surface area contributed by atoms with Gasteiger partial charge in [-0.05, 0) is 55.0 Å². The Kier molecular flexibility index (Phi) is 5.34. The fourth-order valence-corrected chi connectivity index (χ4v) is 4.26. The first-order chi connectivity index (χ1) is 16.2. The highest BCUT2D eigenvalue weighted by atomic mass is 35.5. The summed E-state index contributed by atoms with van der Waals surface area (Å²) in [5, 5.41) is 18.1. The largest absolute Gasteiger partial charge is 0.372 e. The molecule has 1 saturated heterocycles. The molecule has 0 radical (unpaired) electrons. The maximum atomic E-state index is 13.5. The van der Waals surface area contributed by atoms with Gasteiger partial charge in [0.1, 0.15) is 11.5 Å². The number of aliphatic hydroxyl groups is 1. The Morgan fingerprint density at radius 3 is 2.88 bits per heavy atom. The number of halogens is 2. The first-order valence-electron chi connectivity index (χ1n) is 10.4. The van der Waals surface area contributed by atoms with E-state index in [0.29, 0.717) is 28.7 Å². The molecule has 1 atom stereocenters. The summed E-state index contributed by atoms with van der Waals surface area (Å²) >= 11 is 5.83. The highest BCUT2D eigenvalue weighted by molar-refractivity contribution is 6.30. The average molecular weight is 484 g/mol. The third-order valence-corrected chi connectivity index (χ3v) is 5.94. The summed E-state index contributed by atoms with van der Waals surface area (Å²) in [6.07, 6.45) is -0.0841. The number of aromatic amines is 1. The third-order valence-electron chi connectivity index (χ3n) is 5.72. The molecule has 0 aliphatic carbocycles. The Bertz CT molecular complexity index is 1410. The van der Waals surface area contributed by atoms with E-state index >= 15 is 0 Å². The molecule has 0 unspecified atom stereocenters. The molecular weight excluding hydrogens is 465 g/mol. The quantitative estimate of drug-likeness (QED) is 0.375. The molecule has 1 fully saturated rings. The molecule has 174 valence electrons. The van der Waals surface area contributed by atoms with Crippen LogP contribution in [0.25, 0.3) is 22.5 Å². The summed E-state index contributed by atoms with van der Waals surface area (Å²) in [7, 11) is 0. The van der Waals surface area contributed by atoms with Crippen LogP contribution in [0, 0.1) is 12.7 Å². The predicted molar refractivity (Wildman–Crippen MR) is 122 cm³/mol. The maximum absolute atomic E-state index is 13.5. The van der Waals surface area contributed by atoms with Gasteiger partial charge in [-0.1, -0.05) is 16.8 Å². The minimum atomic E-state index is -2.23. The highest BCUT2D eigenvalue weighted by Gasteiger charge is 2.51. The minimum Gasteiger partial charge on any atom is -0.372 e. The summed E-state index contributed by atoms with van der Waals surface area (Å²) in [6, 6.07) is 11.0. The van der Waals surface area contributed by atoms with Crippen LogP contribution >= 0.6 is 11.6 Å². The second-order valence-corrected chi connectivity index (χ2v) is 8.57. The molecule has 5 rings (SSSR count). The summed E-state index contributed by atoms with van der Waals surface area (Å²) in [4.78, 5) is 34.5. The van der Waals surface area contributed by atoms with Gasteiger partial charge in [0.2, 0.25) is 5.60 Å². The molecule has 0 saturated carbocycles. The molecule has 3 heterocycles. The predicted octanol–water partition coefficient (Wildman–Crippen LogP) is 3.10. The van der Waals surface area contributed by atoms with Crippen molar-refractivity contribution in [1.82, 2.24) is 20.4 Å². The molecule has 9 nitrogen and oxygen atoms in total. The van der Waals surface area contributed by atoms with Gasteiger partial charge in [0.05, 0.1) is 0 Å². The smallest absolute Gasteiger partial charge is 0.274 e. The van der Waals surface area contributed by atoms with Gasteiger partial charge in [0.15, 0.2) is 5.82 Å². The Balaban J connectivity index is 1.33. The van der Waals surface area contributed by atoms with Crippen LogP contribution in [0.3, 0.4) is 0 Å². The van der Waals surface area contributed by atoms with Crippen LogP contribution in [-0.4, -0.2) is 44.2 Å². The fraction of sp³-hybridized carbons (Fsp3) is 0.217. The van der Waals surface area contributed by atoms with Gasteiger partial charge in [0.25, 0.3) is 17.7 Å². The molecule has 34 heavy (non-hydrogen) atoms. The first-order valence-corrected chi connectivity index (χ1v) is 10.8. The Morgan fingerprint density at radius 1 is 1.32 bits per heavy atom. The van der Waals surface area contributed by atoms with E-state index in [9.17, 15) is 19.1 Å². The molecule has 2 amide bonds. The summed E-state index contributed by atoms with van der Waals surface area (Å²) in [5.74, 6) is -1.27. The molecule has 1 aliphatic rings. The number of carbonyl (C=O) groups excluding carboxylic acids is 2. The number of H-pyrrole nitrogens is 1. The van der Waals surface area contributed by atoms with Crippen molar-refractivity contribution in [3.05, 3.63) is 64.7 Å². The van der Waals surface area contributed by atoms with E-state index in [0.717, 1.165) is 17.0 Å². The van der Waals surface area contributed by atoms with Crippen molar-refractivity contribution in [1.29, 1.82) is 0 Å². The van der Waals surface area contributed by atoms with Gasteiger partial charge >= 0.3 is 0 Å². The van der Waals surface area contributed by atoms with Crippen LogP contribution in [0.5, 0.6) is 0 Å². The summed E-state index contributed by atoms with van der Waals surface area (Å²) < 4.78 is 18.7. The number of aromatic nitrogens is 3. The number of nitrogens with one attached hydrogen (secondary N) is 2. The van der Waals surface area contributed by atoms with Crippen molar-refractivity contribution >= 4 is 40.0 Å². The average Bonchev–Trinajstić information content (AvgIpc) is 3.49. The number of fused-ring (bicyclic) bond motifs is 1. The van der Waals surface area contributed by atoms with E-state index in [1.165, 1.54) is 17.0 Å². The molecule has 0 spiro atoms. The Morgan fingerprint density at radius 2 is 2.15 bits per heavy atom. The highest BCUT2D eigenvalue weighted by Crippen LogP contribution is 2.32. The summed E-state index contributed by atoms with van der Waals surface area (Å²) in [5.41, 5.74) is 0.146. The third kappa shape index (κ3) is 3.91. The summed E-state index contributed by atoms with van der Waals surface area (Å²) in [6.45, 7) is 1.79. The van der Waals surface area contributed by atoms with Crippen LogP contribution < -0.4 is 10.2 Å². The van der Waals surface area contributed by atoms with Gasteiger partial charge in [0, 0.05) is 41.1 Å². The number of hydrogen-bond donors (Lipinski definition) is 3. The van der Waals surface area contributed by atoms with E-state index in [1.807, 2.05) is 6.07 Å². The monoisotopic (exact) mass is 483 g/mol. The van der Waals surface area contributed by atoms with Crippen molar-refractivity contribution < 1.29 is 23.6 Å². The van der Waals surface area contributed by atoms with Crippen molar-refractivity contribution in [3.8, 4) is 11.6 Å². The second kappa shape index (κ2) is 8.23. The number of amides is 2.